The normalized spacial score (nSPS) is 18.4. The molecule has 0 saturated carbocycles. The summed E-state index contributed by atoms with van der Waals surface area (Å²) in [5, 5.41) is 3.75. The van der Waals surface area contributed by atoms with Crippen molar-refractivity contribution in [2.24, 2.45) is 0 Å². The van der Waals surface area contributed by atoms with E-state index >= 15 is 0 Å². The maximum Gasteiger partial charge on any atom is 0.243 e. The van der Waals surface area contributed by atoms with Gasteiger partial charge in [0.1, 0.15) is 5.58 Å². The van der Waals surface area contributed by atoms with Crippen LogP contribution in [-0.4, -0.2) is 56.1 Å². The molecule has 2 atom stereocenters. The third kappa shape index (κ3) is 5.13. The highest BCUT2D eigenvalue weighted by atomic mass is 32.2. The van der Waals surface area contributed by atoms with Gasteiger partial charge in [0.2, 0.25) is 15.8 Å². The zero-order valence-corrected chi connectivity index (χ0v) is 21.9. The predicted octanol–water partition coefficient (Wildman–Crippen LogP) is 4.76. The minimum atomic E-state index is -3.80. The molecular weight excluding hydrogens is 504 g/mol. The Morgan fingerprint density at radius 2 is 1.55 bits per heavy atom. The van der Waals surface area contributed by atoms with Crippen LogP contribution >= 0.6 is 0 Å². The number of nitrogens with zero attached hydrogens (tertiary/aromatic N) is 1. The van der Waals surface area contributed by atoms with Gasteiger partial charge < -0.3 is 14.5 Å². The second kappa shape index (κ2) is 10.5. The number of Topliss-reactive ketones (excluding diaryl/α,β-unsaturated/α-hetero) is 1. The van der Waals surface area contributed by atoms with Gasteiger partial charge in [-0.25, -0.2) is 8.42 Å². The quantitative estimate of drug-likeness (QED) is 0.326. The van der Waals surface area contributed by atoms with Gasteiger partial charge in [-0.1, -0.05) is 54.6 Å². The number of carbonyl (C=O) groups excluding carboxylic acids is 2. The second-order valence-electron chi connectivity index (χ2n) is 9.38. The van der Waals surface area contributed by atoms with Crippen molar-refractivity contribution in [3.63, 3.8) is 0 Å². The molecule has 1 aliphatic heterocycles. The lowest BCUT2D eigenvalue weighted by Crippen LogP contribution is -2.48. The van der Waals surface area contributed by atoms with Gasteiger partial charge in [-0.15, -0.1) is 0 Å². The van der Waals surface area contributed by atoms with E-state index in [0.29, 0.717) is 22.2 Å². The van der Waals surface area contributed by atoms with E-state index in [2.05, 4.69) is 5.32 Å². The third-order valence-electron chi connectivity index (χ3n) is 6.44. The van der Waals surface area contributed by atoms with Crippen LogP contribution in [0.5, 0.6) is 0 Å². The Bertz CT molecular complexity index is 1590. The molecule has 0 aliphatic carbocycles. The molecular formula is C29H28N2O6S. The summed E-state index contributed by atoms with van der Waals surface area (Å²) in [6, 6.07) is 22.0. The van der Waals surface area contributed by atoms with Gasteiger partial charge in [-0.2, -0.15) is 4.31 Å². The van der Waals surface area contributed by atoms with Gasteiger partial charge in [0.15, 0.2) is 11.5 Å². The number of benzene rings is 3. The molecule has 9 heteroatoms. The molecule has 1 aromatic heterocycles. The molecule has 4 aromatic rings. The van der Waals surface area contributed by atoms with Crippen LogP contribution in [0.3, 0.4) is 0 Å². The Kier molecular flexibility index (Phi) is 7.16. The Morgan fingerprint density at radius 1 is 0.895 bits per heavy atom. The summed E-state index contributed by atoms with van der Waals surface area (Å²) in [6.07, 6.45) is -0.444. The van der Waals surface area contributed by atoms with Crippen LogP contribution in [0.4, 0.5) is 5.69 Å². The number of furan rings is 1. The summed E-state index contributed by atoms with van der Waals surface area (Å²) >= 11 is 0. The van der Waals surface area contributed by atoms with Crippen LogP contribution in [-0.2, 0) is 14.8 Å². The molecule has 1 aliphatic rings. The van der Waals surface area contributed by atoms with E-state index in [1.807, 2.05) is 32.0 Å². The molecule has 2 heterocycles. The number of sulfonamides is 1. The molecule has 0 amide bonds. The number of ether oxygens (including phenoxy) is 1. The number of nitrogens with one attached hydrogen (secondary N) is 1. The molecule has 38 heavy (non-hydrogen) atoms. The standard InChI is InChI=1S/C29H28N2O6S/c1-19-17-31(18-20(2)36-19)38(34,35)23-12-8-11-22(15-23)25(32)16-30-27-24-13-6-7-14-26(24)37-29(27)28(33)21-9-4-3-5-10-21/h3-15,19-20,30H,16-18H2,1-2H3. The SMILES string of the molecule is CC1CN(S(=O)(=O)c2cccc(C(=O)CNc3c(C(=O)c4ccccc4)oc4ccccc34)c2)CC(C)O1. The molecule has 2 unspecified atom stereocenters. The van der Waals surface area contributed by atoms with E-state index in [1.54, 1.807) is 48.5 Å². The first-order valence-electron chi connectivity index (χ1n) is 12.4. The molecule has 196 valence electrons. The average molecular weight is 533 g/mol. The van der Waals surface area contributed by atoms with Gasteiger partial charge >= 0.3 is 0 Å². The summed E-state index contributed by atoms with van der Waals surface area (Å²) in [5.41, 5.74) is 1.65. The summed E-state index contributed by atoms with van der Waals surface area (Å²) in [5.74, 6) is -0.523. The summed E-state index contributed by atoms with van der Waals surface area (Å²) in [7, 11) is -3.80. The lowest BCUT2D eigenvalue weighted by Gasteiger charge is -2.34. The fourth-order valence-electron chi connectivity index (χ4n) is 4.68. The van der Waals surface area contributed by atoms with Crippen molar-refractivity contribution in [1.29, 1.82) is 0 Å². The number of morpholine rings is 1. The first-order valence-corrected chi connectivity index (χ1v) is 13.8. The zero-order valence-electron chi connectivity index (χ0n) is 21.1. The van der Waals surface area contributed by atoms with Crippen molar-refractivity contribution >= 4 is 38.2 Å². The van der Waals surface area contributed by atoms with Crippen LogP contribution in [0, 0.1) is 0 Å². The minimum Gasteiger partial charge on any atom is -0.450 e. The number of rotatable bonds is 8. The molecule has 1 N–H and O–H groups in total. The number of hydrogen-bond donors (Lipinski definition) is 1. The Hall–Kier alpha value is -3.79. The molecule has 8 nitrogen and oxygen atoms in total. The van der Waals surface area contributed by atoms with Crippen molar-refractivity contribution in [2.75, 3.05) is 25.0 Å². The van der Waals surface area contributed by atoms with E-state index in [4.69, 9.17) is 9.15 Å². The predicted molar refractivity (Wildman–Crippen MR) is 144 cm³/mol. The van der Waals surface area contributed by atoms with E-state index < -0.39 is 10.0 Å². The van der Waals surface area contributed by atoms with Crippen molar-refractivity contribution in [1.82, 2.24) is 4.31 Å². The van der Waals surface area contributed by atoms with Crippen LogP contribution in [0.25, 0.3) is 11.0 Å². The number of para-hydroxylation sites is 1. The van der Waals surface area contributed by atoms with E-state index in [0.717, 1.165) is 0 Å². The van der Waals surface area contributed by atoms with E-state index in [9.17, 15) is 18.0 Å². The first-order chi connectivity index (χ1) is 18.2. The largest absolute Gasteiger partial charge is 0.450 e. The number of ketones is 2. The first kappa shape index (κ1) is 25.8. The topological polar surface area (TPSA) is 106 Å². The maximum absolute atomic E-state index is 13.3. The lowest BCUT2D eigenvalue weighted by molar-refractivity contribution is -0.0440. The highest BCUT2D eigenvalue weighted by molar-refractivity contribution is 7.89. The van der Waals surface area contributed by atoms with E-state index in [-0.39, 0.29) is 59.6 Å². The van der Waals surface area contributed by atoms with Gasteiger partial charge in [0.05, 0.1) is 29.3 Å². The zero-order chi connectivity index (χ0) is 26.9. The van der Waals surface area contributed by atoms with Gasteiger partial charge in [0, 0.05) is 29.6 Å². The van der Waals surface area contributed by atoms with Crippen molar-refractivity contribution in [3.05, 3.63) is 95.7 Å². The van der Waals surface area contributed by atoms with Gasteiger partial charge in [-0.05, 0) is 38.1 Å². The third-order valence-corrected chi connectivity index (χ3v) is 8.27. The number of fused-ring (bicyclic) bond motifs is 1. The number of hydrogen-bond acceptors (Lipinski definition) is 7. The minimum absolute atomic E-state index is 0.0540. The monoisotopic (exact) mass is 532 g/mol. The Balaban J connectivity index is 1.39. The number of anilines is 1. The van der Waals surface area contributed by atoms with Crippen molar-refractivity contribution in [3.8, 4) is 0 Å². The summed E-state index contributed by atoms with van der Waals surface area (Å²) in [4.78, 5) is 26.4. The highest BCUT2D eigenvalue weighted by Gasteiger charge is 2.32. The molecule has 0 radical (unpaired) electrons. The second-order valence-corrected chi connectivity index (χ2v) is 11.3. The molecule has 5 rings (SSSR count). The average Bonchev–Trinajstić information content (AvgIpc) is 3.30. The highest BCUT2D eigenvalue weighted by Crippen LogP contribution is 2.32. The number of carbonyl (C=O) groups is 2. The molecule has 0 spiro atoms. The van der Waals surface area contributed by atoms with Crippen molar-refractivity contribution < 1.29 is 27.2 Å². The van der Waals surface area contributed by atoms with Crippen LogP contribution in [0.15, 0.2) is 88.2 Å². The molecule has 0 bridgehead atoms. The van der Waals surface area contributed by atoms with Gasteiger partial charge in [-0.3, -0.25) is 9.59 Å². The summed E-state index contributed by atoms with van der Waals surface area (Å²) < 4.78 is 39.5. The van der Waals surface area contributed by atoms with Crippen LogP contribution in [0.1, 0.15) is 40.3 Å². The Labute approximate surface area is 221 Å². The van der Waals surface area contributed by atoms with Crippen molar-refractivity contribution in [2.45, 2.75) is 31.0 Å². The lowest BCUT2D eigenvalue weighted by atomic mass is 10.1. The Morgan fingerprint density at radius 3 is 2.29 bits per heavy atom. The van der Waals surface area contributed by atoms with Gasteiger partial charge in [0.25, 0.3) is 0 Å². The fraction of sp³-hybridized carbons (Fsp3) is 0.241. The van der Waals surface area contributed by atoms with E-state index in [1.165, 1.54) is 16.4 Å². The van der Waals surface area contributed by atoms with Crippen LogP contribution < -0.4 is 5.32 Å². The molecule has 3 aromatic carbocycles. The smallest absolute Gasteiger partial charge is 0.243 e. The maximum atomic E-state index is 13.3. The van der Waals surface area contributed by atoms with Crippen LogP contribution in [0.2, 0.25) is 0 Å². The molecule has 1 saturated heterocycles. The molecule has 1 fully saturated rings. The fourth-order valence-corrected chi connectivity index (χ4v) is 6.32. The summed E-state index contributed by atoms with van der Waals surface area (Å²) in [6.45, 7) is 4.00.